The van der Waals surface area contributed by atoms with Crippen molar-refractivity contribution < 1.29 is 24.2 Å². The highest BCUT2D eigenvalue weighted by molar-refractivity contribution is 6.04. The normalized spacial score (nSPS) is 15.0. The van der Waals surface area contributed by atoms with E-state index in [4.69, 9.17) is 10.5 Å². The number of nitrogens with zero attached hydrogens (tertiary/aromatic N) is 1. The second-order valence-electron chi connectivity index (χ2n) is 11.3. The first kappa shape index (κ1) is 33.1. The highest BCUT2D eigenvalue weighted by Crippen LogP contribution is 2.28. The molecule has 1 fully saturated rings. The van der Waals surface area contributed by atoms with E-state index >= 15 is 0 Å². The average molecular weight is 581 g/mol. The zero-order valence-corrected chi connectivity index (χ0v) is 25.4. The van der Waals surface area contributed by atoms with Crippen molar-refractivity contribution >= 4 is 17.7 Å². The third-order valence-electron chi connectivity index (χ3n) is 7.91. The zero-order valence-electron chi connectivity index (χ0n) is 25.4. The van der Waals surface area contributed by atoms with E-state index in [1.807, 2.05) is 38.1 Å². The largest absolute Gasteiger partial charge is 0.497 e. The highest BCUT2D eigenvalue weighted by Gasteiger charge is 2.27. The molecule has 42 heavy (non-hydrogen) atoms. The number of carbonyl (C=O) groups is 3. The summed E-state index contributed by atoms with van der Waals surface area (Å²) in [5, 5.41) is 17.6. The Hall–Kier alpha value is -3.43. The fourth-order valence-electron chi connectivity index (χ4n) is 5.70. The van der Waals surface area contributed by atoms with E-state index in [-0.39, 0.29) is 29.1 Å². The maximum absolute atomic E-state index is 13.6. The van der Waals surface area contributed by atoms with Gasteiger partial charge in [-0.25, -0.2) is 0 Å². The summed E-state index contributed by atoms with van der Waals surface area (Å²) in [4.78, 5) is 40.8. The molecule has 2 aromatic rings. The monoisotopic (exact) mass is 580 g/mol. The van der Waals surface area contributed by atoms with Gasteiger partial charge in [-0.2, -0.15) is 0 Å². The maximum atomic E-state index is 13.6. The Morgan fingerprint density at radius 1 is 1.00 bits per heavy atom. The van der Waals surface area contributed by atoms with Gasteiger partial charge in [-0.3, -0.25) is 14.4 Å². The molecule has 0 saturated heterocycles. The number of carbonyl (C=O) groups excluding carboxylic acids is 3. The standard InChI is InChI=1S/C33H48N4O5/c1-4-14-37(15-5-2)33(41)27-19-25(31(34)39)18-26(20-27)32(40)36-29(17-23-10-7-6-8-11-23)30(38)22-35-21-24-12-9-13-28(16-24)42-3/h9,12-13,16,18-20,23,29-30,35,38H,4-8,10-11,14-15,17,21-22H2,1-3H3,(H2,34,39)(H,36,40). The first-order valence-electron chi connectivity index (χ1n) is 15.3. The minimum Gasteiger partial charge on any atom is -0.497 e. The SMILES string of the molecule is CCCN(CCC)C(=O)c1cc(C(N)=O)cc(C(=O)NC(CC2CCCCC2)C(O)CNCc2cccc(OC)c2)c1. The van der Waals surface area contributed by atoms with Crippen molar-refractivity contribution in [2.45, 2.75) is 83.9 Å². The van der Waals surface area contributed by atoms with Crippen molar-refractivity contribution in [3.8, 4) is 5.75 Å². The first-order chi connectivity index (χ1) is 20.2. The molecule has 2 atom stereocenters. The van der Waals surface area contributed by atoms with Crippen LogP contribution in [-0.4, -0.2) is 66.6 Å². The van der Waals surface area contributed by atoms with Gasteiger partial charge in [-0.05, 0) is 61.1 Å². The fraction of sp³-hybridized carbons (Fsp3) is 0.545. The second kappa shape index (κ2) is 16.9. The summed E-state index contributed by atoms with van der Waals surface area (Å²) >= 11 is 0. The molecule has 3 rings (SSSR count). The minimum atomic E-state index is -0.841. The number of amides is 3. The molecule has 9 heteroatoms. The Morgan fingerprint density at radius 3 is 2.31 bits per heavy atom. The van der Waals surface area contributed by atoms with Crippen LogP contribution in [0.4, 0.5) is 0 Å². The van der Waals surface area contributed by atoms with Crippen LogP contribution in [0, 0.1) is 5.92 Å². The van der Waals surface area contributed by atoms with Crippen LogP contribution in [0.3, 0.4) is 0 Å². The third-order valence-corrected chi connectivity index (χ3v) is 7.91. The Labute approximate surface area is 250 Å². The van der Waals surface area contributed by atoms with Gasteiger partial charge in [-0.15, -0.1) is 0 Å². The van der Waals surface area contributed by atoms with Gasteiger partial charge in [0.2, 0.25) is 5.91 Å². The van der Waals surface area contributed by atoms with E-state index in [9.17, 15) is 19.5 Å². The second-order valence-corrected chi connectivity index (χ2v) is 11.3. The zero-order chi connectivity index (χ0) is 30.5. The molecular formula is C33H48N4O5. The lowest BCUT2D eigenvalue weighted by Crippen LogP contribution is -2.48. The number of rotatable bonds is 16. The van der Waals surface area contributed by atoms with Gasteiger partial charge in [-0.1, -0.05) is 58.1 Å². The molecule has 9 nitrogen and oxygen atoms in total. The summed E-state index contributed by atoms with van der Waals surface area (Å²) in [6.45, 7) is 5.97. The van der Waals surface area contributed by atoms with Crippen LogP contribution in [0.2, 0.25) is 0 Å². The van der Waals surface area contributed by atoms with Crippen molar-refractivity contribution in [1.82, 2.24) is 15.5 Å². The van der Waals surface area contributed by atoms with E-state index in [1.165, 1.54) is 24.6 Å². The van der Waals surface area contributed by atoms with E-state index < -0.39 is 24.0 Å². The van der Waals surface area contributed by atoms with Gasteiger partial charge in [0, 0.05) is 42.9 Å². The van der Waals surface area contributed by atoms with Gasteiger partial charge in [0.15, 0.2) is 0 Å². The van der Waals surface area contributed by atoms with Crippen LogP contribution in [0.5, 0.6) is 5.75 Å². The number of ether oxygens (including phenoxy) is 1. The summed E-state index contributed by atoms with van der Waals surface area (Å²) in [5.41, 5.74) is 7.14. The average Bonchev–Trinajstić information content (AvgIpc) is 3.00. The lowest BCUT2D eigenvalue weighted by Gasteiger charge is -2.30. The van der Waals surface area contributed by atoms with E-state index in [1.54, 1.807) is 12.0 Å². The molecule has 230 valence electrons. The molecule has 2 aromatic carbocycles. The number of aliphatic hydroxyl groups is 1. The molecule has 0 aliphatic heterocycles. The van der Waals surface area contributed by atoms with Crippen LogP contribution < -0.4 is 21.1 Å². The molecule has 0 aromatic heterocycles. The summed E-state index contributed by atoms with van der Waals surface area (Å²) in [6, 6.07) is 11.6. The van der Waals surface area contributed by atoms with Crippen molar-refractivity contribution in [3.05, 3.63) is 64.7 Å². The Kier molecular flexibility index (Phi) is 13.3. The molecule has 0 bridgehead atoms. The molecule has 1 aliphatic rings. The molecule has 0 spiro atoms. The van der Waals surface area contributed by atoms with Crippen LogP contribution in [-0.2, 0) is 6.54 Å². The number of nitrogens with one attached hydrogen (secondary N) is 2. The van der Waals surface area contributed by atoms with Crippen LogP contribution in [0.25, 0.3) is 0 Å². The molecular weight excluding hydrogens is 532 g/mol. The Balaban J connectivity index is 1.79. The molecule has 2 unspecified atom stereocenters. The summed E-state index contributed by atoms with van der Waals surface area (Å²) < 4.78 is 5.30. The number of primary amides is 1. The maximum Gasteiger partial charge on any atom is 0.253 e. The number of hydrogen-bond donors (Lipinski definition) is 4. The number of hydrogen-bond acceptors (Lipinski definition) is 6. The molecule has 0 radical (unpaired) electrons. The van der Waals surface area contributed by atoms with Gasteiger partial charge in [0.05, 0.1) is 19.3 Å². The predicted octanol–water partition coefficient (Wildman–Crippen LogP) is 4.28. The third kappa shape index (κ3) is 9.84. The van der Waals surface area contributed by atoms with Crippen LogP contribution >= 0.6 is 0 Å². The molecule has 5 N–H and O–H groups in total. The van der Waals surface area contributed by atoms with Gasteiger partial charge >= 0.3 is 0 Å². The molecule has 0 heterocycles. The Bertz CT molecular complexity index is 1170. The summed E-state index contributed by atoms with van der Waals surface area (Å²) in [5.74, 6) is -0.228. The van der Waals surface area contributed by atoms with Gasteiger partial charge in [0.1, 0.15) is 5.75 Å². The topological polar surface area (TPSA) is 134 Å². The van der Waals surface area contributed by atoms with Crippen molar-refractivity contribution in [3.63, 3.8) is 0 Å². The van der Waals surface area contributed by atoms with E-state index in [2.05, 4.69) is 10.6 Å². The summed E-state index contributed by atoms with van der Waals surface area (Å²) in [6.07, 6.45) is 7.03. The van der Waals surface area contributed by atoms with E-state index in [0.717, 1.165) is 49.8 Å². The Morgan fingerprint density at radius 2 is 1.67 bits per heavy atom. The fourth-order valence-corrected chi connectivity index (χ4v) is 5.70. The van der Waals surface area contributed by atoms with Gasteiger partial charge < -0.3 is 31.1 Å². The molecule has 1 saturated carbocycles. The van der Waals surface area contributed by atoms with Crippen LogP contribution in [0.1, 0.15) is 102 Å². The number of aliphatic hydroxyl groups excluding tert-OH is 1. The van der Waals surface area contributed by atoms with Crippen LogP contribution in [0.15, 0.2) is 42.5 Å². The quantitative estimate of drug-likeness (QED) is 0.234. The number of benzene rings is 2. The smallest absolute Gasteiger partial charge is 0.253 e. The van der Waals surface area contributed by atoms with Crippen molar-refractivity contribution in [1.29, 1.82) is 0 Å². The minimum absolute atomic E-state index is 0.100. The lowest BCUT2D eigenvalue weighted by atomic mass is 9.83. The summed E-state index contributed by atoms with van der Waals surface area (Å²) in [7, 11) is 1.62. The van der Waals surface area contributed by atoms with Crippen molar-refractivity contribution in [2.75, 3.05) is 26.7 Å². The van der Waals surface area contributed by atoms with E-state index in [0.29, 0.717) is 32.0 Å². The molecule has 1 aliphatic carbocycles. The highest BCUT2D eigenvalue weighted by atomic mass is 16.5. The lowest BCUT2D eigenvalue weighted by molar-refractivity contribution is 0.0755. The van der Waals surface area contributed by atoms with Gasteiger partial charge in [0.25, 0.3) is 11.8 Å². The van der Waals surface area contributed by atoms with Crippen molar-refractivity contribution in [2.24, 2.45) is 11.7 Å². The first-order valence-corrected chi connectivity index (χ1v) is 15.3. The number of nitrogens with two attached hydrogens (primary N) is 1. The molecule has 3 amide bonds. The number of methoxy groups -OCH3 is 1. The predicted molar refractivity (Wildman–Crippen MR) is 165 cm³/mol.